The molecule has 0 radical (unpaired) electrons. The fraction of sp³-hybridized carbons (Fsp3) is 0.250. The third kappa shape index (κ3) is 4.68. The topological polar surface area (TPSA) is 126 Å². The Labute approximate surface area is 144 Å². The molecule has 8 nitrogen and oxygen atoms in total. The molecule has 0 atom stereocenters. The standard InChI is InChI=1S/C16H18N2O6S/c1-10-13(9-15(24-10)25(22,23)17-2)16(21)18-12-5-3-4-11(8-12)6-7-14(19)20/h3-5,8-9,17H,6-7H2,1-2H3,(H,18,21)(H,19,20). The molecule has 3 N–H and O–H groups in total. The molecular weight excluding hydrogens is 348 g/mol. The second-order valence-corrected chi connectivity index (χ2v) is 7.11. The summed E-state index contributed by atoms with van der Waals surface area (Å²) in [7, 11) is -2.54. The number of anilines is 1. The summed E-state index contributed by atoms with van der Waals surface area (Å²) in [5.41, 5.74) is 1.35. The van der Waals surface area contributed by atoms with E-state index in [0.29, 0.717) is 12.1 Å². The van der Waals surface area contributed by atoms with Crippen molar-refractivity contribution >= 4 is 27.6 Å². The van der Waals surface area contributed by atoms with Crippen molar-refractivity contribution in [1.29, 1.82) is 0 Å². The highest BCUT2D eigenvalue weighted by molar-refractivity contribution is 7.89. The molecule has 25 heavy (non-hydrogen) atoms. The van der Waals surface area contributed by atoms with Crippen molar-refractivity contribution in [2.75, 3.05) is 12.4 Å². The lowest BCUT2D eigenvalue weighted by molar-refractivity contribution is -0.136. The normalized spacial score (nSPS) is 11.3. The van der Waals surface area contributed by atoms with E-state index in [9.17, 15) is 18.0 Å². The zero-order chi connectivity index (χ0) is 18.6. The van der Waals surface area contributed by atoms with E-state index in [-0.39, 0.29) is 22.8 Å². The van der Waals surface area contributed by atoms with Crippen LogP contribution in [0.15, 0.2) is 39.8 Å². The van der Waals surface area contributed by atoms with Gasteiger partial charge < -0.3 is 14.8 Å². The number of carboxylic acids is 1. The number of sulfonamides is 1. The molecule has 0 saturated carbocycles. The highest BCUT2D eigenvalue weighted by Gasteiger charge is 2.22. The Bertz CT molecular complexity index is 901. The van der Waals surface area contributed by atoms with Gasteiger partial charge in [-0.05, 0) is 38.1 Å². The first-order valence-corrected chi connectivity index (χ1v) is 8.87. The Morgan fingerprint density at radius 3 is 2.60 bits per heavy atom. The summed E-state index contributed by atoms with van der Waals surface area (Å²) in [6.45, 7) is 1.49. The lowest BCUT2D eigenvalue weighted by Crippen LogP contribution is -2.18. The number of aryl methyl sites for hydroxylation is 2. The molecule has 1 heterocycles. The van der Waals surface area contributed by atoms with Crippen LogP contribution in [-0.2, 0) is 21.2 Å². The molecule has 0 fully saturated rings. The second kappa shape index (κ2) is 7.49. The number of hydrogen-bond donors (Lipinski definition) is 3. The van der Waals surface area contributed by atoms with Crippen molar-refractivity contribution in [3.63, 3.8) is 0 Å². The summed E-state index contributed by atoms with van der Waals surface area (Å²) < 4.78 is 30.7. The first-order chi connectivity index (χ1) is 11.7. The van der Waals surface area contributed by atoms with Gasteiger partial charge in [-0.25, -0.2) is 13.1 Å². The van der Waals surface area contributed by atoms with Gasteiger partial charge in [-0.15, -0.1) is 0 Å². The average molecular weight is 366 g/mol. The minimum atomic E-state index is -3.78. The van der Waals surface area contributed by atoms with E-state index in [1.807, 2.05) is 0 Å². The van der Waals surface area contributed by atoms with Gasteiger partial charge in [0.25, 0.3) is 15.9 Å². The van der Waals surface area contributed by atoms with E-state index in [4.69, 9.17) is 9.52 Å². The lowest BCUT2D eigenvalue weighted by Gasteiger charge is -2.06. The first-order valence-electron chi connectivity index (χ1n) is 7.39. The predicted molar refractivity (Wildman–Crippen MR) is 90.0 cm³/mol. The van der Waals surface area contributed by atoms with Gasteiger partial charge in [-0.3, -0.25) is 9.59 Å². The lowest BCUT2D eigenvalue weighted by atomic mass is 10.1. The monoisotopic (exact) mass is 366 g/mol. The van der Waals surface area contributed by atoms with E-state index in [1.54, 1.807) is 24.3 Å². The maximum atomic E-state index is 12.4. The number of carbonyl (C=O) groups is 2. The van der Waals surface area contributed by atoms with Crippen LogP contribution in [0.1, 0.15) is 28.1 Å². The zero-order valence-electron chi connectivity index (χ0n) is 13.7. The Morgan fingerprint density at radius 1 is 1.24 bits per heavy atom. The molecule has 2 aromatic rings. The molecule has 0 aliphatic carbocycles. The van der Waals surface area contributed by atoms with Gasteiger partial charge >= 0.3 is 5.97 Å². The third-order valence-electron chi connectivity index (χ3n) is 3.49. The zero-order valence-corrected chi connectivity index (χ0v) is 14.5. The van der Waals surface area contributed by atoms with Crippen LogP contribution in [0.4, 0.5) is 5.69 Å². The Balaban J connectivity index is 2.17. The number of carboxylic acid groups (broad SMARTS) is 1. The Hall–Kier alpha value is -2.65. The van der Waals surface area contributed by atoms with E-state index in [1.165, 1.54) is 14.0 Å². The SMILES string of the molecule is CNS(=O)(=O)c1cc(C(=O)Nc2cccc(CCC(=O)O)c2)c(C)o1. The first kappa shape index (κ1) is 18.7. The van der Waals surface area contributed by atoms with Gasteiger partial charge in [0.1, 0.15) is 5.76 Å². The number of furan rings is 1. The van der Waals surface area contributed by atoms with Crippen LogP contribution in [-0.4, -0.2) is 32.4 Å². The summed E-state index contributed by atoms with van der Waals surface area (Å²) in [6.07, 6.45) is 0.331. The van der Waals surface area contributed by atoms with Crippen LogP contribution in [0.25, 0.3) is 0 Å². The van der Waals surface area contributed by atoms with Crippen LogP contribution in [0, 0.1) is 6.92 Å². The van der Waals surface area contributed by atoms with Crippen molar-refractivity contribution in [3.8, 4) is 0 Å². The van der Waals surface area contributed by atoms with E-state index in [2.05, 4.69) is 10.0 Å². The van der Waals surface area contributed by atoms with Crippen LogP contribution < -0.4 is 10.0 Å². The van der Waals surface area contributed by atoms with Gasteiger partial charge in [0.15, 0.2) is 0 Å². The Kier molecular flexibility index (Phi) is 5.60. The quantitative estimate of drug-likeness (QED) is 0.685. The number of carbonyl (C=O) groups excluding carboxylic acids is 1. The minimum Gasteiger partial charge on any atom is -0.481 e. The maximum absolute atomic E-state index is 12.4. The summed E-state index contributed by atoms with van der Waals surface area (Å²) in [4.78, 5) is 23.0. The molecule has 1 amide bonds. The molecule has 0 unspecified atom stereocenters. The number of hydrogen-bond acceptors (Lipinski definition) is 5. The maximum Gasteiger partial charge on any atom is 0.303 e. The van der Waals surface area contributed by atoms with E-state index >= 15 is 0 Å². The fourth-order valence-corrected chi connectivity index (χ4v) is 2.88. The smallest absolute Gasteiger partial charge is 0.303 e. The van der Waals surface area contributed by atoms with Crippen molar-refractivity contribution < 1.29 is 27.5 Å². The van der Waals surface area contributed by atoms with Gasteiger partial charge in [-0.2, -0.15) is 0 Å². The predicted octanol–water partition coefficient (Wildman–Crippen LogP) is 1.77. The van der Waals surface area contributed by atoms with Crippen LogP contribution in [0.3, 0.4) is 0 Å². The largest absolute Gasteiger partial charge is 0.481 e. The third-order valence-corrected chi connectivity index (χ3v) is 4.75. The highest BCUT2D eigenvalue weighted by Crippen LogP contribution is 2.21. The molecule has 1 aromatic carbocycles. The Morgan fingerprint density at radius 2 is 1.96 bits per heavy atom. The molecule has 0 bridgehead atoms. The molecule has 134 valence electrons. The van der Waals surface area contributed by atoms with Gasteiger partial charge in [0, 0.05) is 18.2 Å². The van der Waals surface area contributed by atoms with Gasteiger partial charge in [0.05, 0.1) is 5.56 Å². The molecule has 0 aliphatic heterocycles. The van der Waals surface area contributed by atoms with Crippen molar-refractivity contribution in [2.24, 2.45) is 0 Å². The van der Waals surface area contributed by atoms with Crippen LogP contribution in [0.5, 0.6) is 0 Å². The number of amides is 1. The van der Waals surface area contributed by atoms with Gasteiger partial charge in [0.2, 0.25) is 5.09 Å². The second-order valence-electron chi connectivity index (χ2n) is 5.29. The molecule has 2 rings (SSSR count). The molecule has 0 aliphatic rings. The summed E-state index contributed by atoms with van der Waals surface area (Å²) in [5, 5.41) is 11.0. The van der Waals surface area contributed by atoms with E-state index < -0.39 is 21.9 Å². The van der Waals surface area contributed by atoms with Gasteiger partial charge in [-0.1, -0.05) is 12.1 Å². The van der Waals surface area contributed by atoms with Crippen molar-refractivity contribution in [1.82, 2.24) is 4.72 Å². The number of nitrogens with one attached hydrogen (secondary N) is 2. The molecule has 0 saturated heterocycles. The van der Waals surface area contributed by atoms with Crippen LogP contribution in [0.2, 0.25) is 0 Å². The number of rotatable bonds is 7. The summed E-state index contributed by atoms with van der Waals surface area (Å²) in [5.74, 6) is -1.25. The van der Waals surface area contributed by atoms with Crippen molar-refractivity contribution in [3.05, 3.63) is 47.2 Å². The van der Waals surface area contributed by atoms with Crippen LogP contribution >= 0.6 is 0 Å². The highest BCUT2D eigenvalue weighted by atomic mass is 32.2. The molecule has 9 heteroatoms. The summed E-state index contributed by atoms with van der Waals surface area (Å²) in [6, 6.07) is 7.94. The minimum absolute atomic E-state index is 0.0104. The van der Waals surface area contributed by atoms with E-state index in [0.717, 1.165) is 11.6 Å². The average Bonchev–Trinajstić information content (AvgIpc) is 2.96. The molecule has 1 aromatic heterocycles. The fourth-order valence-electron chi connectivity index (χ4n) is 2.17. The summed E-state index contributed by atoms with van der Waals surface area (Å²) >= 11 is 0. The molecular formula is C16H18N2O6S. The molecule has 0 spiro atoms. The number of aliphatic carboxylic acids is 1. The number of benzene rings is 1. The van der Waals surface area contributed by atoms with Crippen molar-refractivity contribution in [2.45, 2.75) is 24.9 Å².